The Morgan fingerprint density at radius 2 is 2.17 bits per heavy atom. The summed E-state index contributed by atoms with van der Waals surface area (Å²) in [6.07, 6.45) is 2.95. The van der Waals surface area contributed by atoms with E-state index in [1.165, 1.54) is 35.0 Å². The van der Waals surface area contributed by atoms with Crippen LogP contribution in [0.5, 0.6) is 0 Å². The quantitative estimate of drug-likeness (QED) is 0.912. The van der Waals surface area contributed by atoms with Gasteiger partial charge in [-0.2, -0.15) is 0 Å². The van der Waals surface area contributed by atoms with Crippen LogP contribution in [0, 0.1) is 5.82 Å². The highest BCUT2D eigenvalue weighted by atomic mass is 35.5. The van der Waals surface area contributed by atoms with Crippen LogP contribution in [0.3, 0.4) is 0 Å². The van der Waals surface area contributed by atoms with Crippen molar-refractivity contribution in [3.05, 3.63) is 63.9 Å². The molecule has 1 aliphatic heterocycles. The molecule has 24 heavy (non-hydrogen) atoms. The normalized spacial score (nSPS) is 13.5. The van der Waals surface area contributed by atoms with Crippen LogP contribution in [-0.4, -0.2) is 26.0 Å². The van der Waals surface area contributed by atoms with Crippen LogP contribution in [-0.2, 0) is 12.8 Å². The molecule has 2 aromatic rings. The molecule has 5 heteroatoms. The molecule has 0 aliphatic carbocycles. The van der Waals surface area contributed by atoms with Crippen molar-refractivity contribution in [2.45, 2.75) is 19.3 Å². The number of halogens is 2. The number of carbonyl (C=O) groups excluding carboxylic acids is 1. The molecule has 3 nitrogen and oxygen atoms in total. The van der Waals surface area contributed by atoms with Crippen molar-refractivity contribution in [2.75, 3.05) is 25.0 Å². The standard InChI is InChI=1S/C19H20ClFN2O/c1-23-11-3-4-14-12-13(7-8-17(14)23)9-10-22-19(24)18-15(20)5-2-6-16(18)21/h2,5-8,12H,3-4,9-11H2,1H3,(H,22,24). The van der Waals surface area contributed by atoms with Crippen molar-refractivity contribution in [3.63, 3.8) is 0 Å². The summed E-state index contributed by atoms with van der Waals surface area (Å²) in [6, 6.07) is 10.7. The number of amides is 1. The maximum Gasteiger partial charge on any atom is 0.255 e. The van der Waals surface area contributed by atoms with Gasteiger partial charge in [-0.25, -0.2) is 4.39 Å². The molecule has 2 aromatic carbocycles. The molecule has 0 bridgehead atoms. The SMILES string of the molecule is CN1CCCc2cc(CCNC(=O)c3c(F)cccc3Cl)ccc21. The zero-order valence-corrected chi connectivity index (χ0v) is 14.4. The molecule has 0 spiro atoms. The largest absolute Gasteiger partial charge is 0.374 e. The van der Waals surface area contributed by atoms with Crippen molar-refractivity contribution in [2.24, 2.45) is 0 Å². The maximum absolute atomic E-state index is 13.7. The molecule has 0 aromatic heterocycles. The zero-order chi connectivity index (χ0) is 17.1. The van der Waals surface area contributed by atoms with Crippen LogP contribution < -0.4 is 10.2 Å². The van der Waals surface area contributed by atoms with Crippen LogP contribution in [0.4, 0.5) is 10.1 Å². The second-order valence-corrected chi connectivity index (χ2v) is 6.50. The molecular weight excluding hydrogens is 327 g/mol. The van der Waals surface area contributed by atoms with E-state index in [0.29, 0.717) is 13.0 Å². The lowest BCUT2D eigenvalue weighted by Gasteiger charge is -2.27. The van der Waals surface area contributed by atoms with Crippen molar-refractivity contribution in [3.8, 4) is 0 Å². The average Bonchev–Trinajstić information content (AvgIpc) is 2.55. The van der Waals surface area contributed by atoms with E-state index in [1.54, 1.807) is 0 Å². The van der Waals surface area contributed by atoms with E-state index in [9.17, 15) is 9.18 Å². The van der Waals surface area contributed by atoms with E-state index in [-0.39, 0.29) is 10.6 Å². The van der Waals surface area contributed by atoms with Crippen LogP contribution in [0.25, 0.3) is 0 Å². The highest BCUT2D eigenvalue weighted by molar-refractivity contribution is 6.33. The molecule has 0 saturated heterocycles. The van der Waals surface area contributed by atoms with E-state index in [0.717, 1.165) is 19.4 Å². The van der Waals surface area contributed by atoms with Gasteiger partial charge in [-0.1, -0.05) is 29.8 Å². The summed E-state index contributed by atoms with van der Waals surface area (Å²) in [5, 5.41) is 2.87. The molecule has 1 aliphatic rings. The molecular formula is C19H20ClFN2O. The highest BCUT2D eigenvalue weighted by Gasteiger charge is 2.16. The number of hydrogen-bond donors (Lipinski definition) is 1. The molecule has 0 atom stereocenters. The van der Waals surface area contributed by atoms with Crippen LogP contribution in [0.1, 0.15) is 27.9 Å². The number of benzene rings is 2. The Bertz CT molecular complexity index is 743. The third kappa shape index (κ3) is 3.54. The fourth-order valence-electron chi connectivity index (χ4n) is 3.12. The Morgan fingerprint density at radius 1 is 1.33 bits per heavy atom. The first-order valence-corrected chi connectivity index (χ1v) is 8.49. The first-order valence-electron chi connectivity index (χ1n) is 8.11. The van der Waals surface area contributed by atoms with E-state index in [4.69, 9.17) is 11.6 Å². The van der Waals surface area contributed by atoms with Crippen molar-refractivity contribution in [1.82, 2.24) is 5.32 Å². The fourth-order valence-corrected chi connectivity index (χ4v) is 3.37. The lowest BCUT2D eigenvalue weighted by molar-refractivity contribution is 0.0950. The Hall–Kier alpha value is -2.07. The number of aryl methyl sites for hydroxylation is 1. The van der Waals surface area contributed by atoms with E-state index < -0.39 is 11.7 Å². The predicted octanol–water partition coefficient (Wildman–Crippen LogP) is 3.83. The van der Waals surface area contributed by atoms with Gasteiger partial charge in [0, 0.05) is 25.8 Å². The number of nitrogens with one attached hydrogen (secondary N) is 1. The van der Waals surface area contributed by atoms with E-state index in [1.807, 2.05) is 0 Å². The minimum atomic E-state index is -0.600. The van der Waals surface area contributed by atoms with Crippen LogP contribution >= 0.6 is 11.6 Å². The van der Waals surface area contributed by atoms with E-state index in [2.05, 4.69) is 35.5 Å². The molecule has 126 valence electrons. The van der Waals surface area contributed by atoms with Crippen LogP contribution in [0.15, 0.2) is 36.4 Å². The molecule has 0 fully saturated rings. The van der Waals surface area contributed by atoms with Crippen molar-refractivity contribution in [1.29, 1.82) is 0 Å². The van der Waals surface area contributed by atoms with Gasteiger partial charge in [-0.15, -0.1) is 0 Å². The van der Waals surface area contributed by atoms with Gasteiger partial charge in [-0.05, 0) is 48.6 Å². The Morgan fingerprint density at radius 3 is 2.96 bits per heavy atom. The van der Waals surface area contributed by atoms with Crippen molar-refractivity contribution >= 4 is 23.2 Å². The minimum absolute atomic E-state index is 0.0915. The third-order valence-electron chi connectivity index (χ3n) is 4.38. The fraction of sp³-hybridized carbons (Fsp3) is 0.316. The molecule has 1 N–H and O–H groups in total. The number of rotatable bonds is 4. The third-order valence-corrected chi connectivity index (χ3v) is 4.70. The summed E-state index contributed by atoms with van der Waals surface area (Å²) >= 11 is 5.91. The maximum atomic E-state index is 13.7. The highest BCUT2D eigenvalue weighted by Crippen LogP contribution is 2.26. The van der Waals surface area contributed by atoms with Crippen molar-refractivity contribution < 1.29 is 9.18 Å². The molecule has 0 unspecified atom stereocenters. The lowest BCUT2D eigenvalue weighted by atomic mass is 9.98. The summed E-state index contributed by atoms with van der Waals surface area (Å²) in [7, 11) is 2.11. The van der Waals surface area contributed by atoms with Gasteiger partial charge in [0.15, 0.2) is 0 Å². The van der Waals surface area contributed by atoms with Gasteiger partial charge in [0.1, 0.15) is 5.82 Å². The molecule has 1 heterocycles. The van der Waals surface area contributed by atoms with Crippen LogP contribution in [0.2, 0.25) is 5.02 Å². The first-order chi connectivity index (χ1) is 11.6. The zero-order valence-electron chi connectivity index (χ0n) is 13.6. The second kappa shape index (κ2) is 7.22. The summed E-state index contributed by atoms with van der Waals surface area (Å²) in [4.78, 5) is 14.4. The summed E-state index contributed by atoms with van der Waals surface area (Å²) in [6.45, 7) is 1.53. The Labute approximate surface area is 146 Å². The smallest absolute Gasteiger partial charge is 0.255 e. The molecule has 0 saturated carbocycles. The Kier molecular flexibility index (Phi) is 5.05. The summed E-state index contributed by atoms with van der Waals surface area (Å²) in [5.41, 5.74) is 3.71. The molecule has 1 amide bonds. The number of carbonyl (C=O) groups is 1. The van der Waals surface area contributed by atoms with Gasteiger partial charge in [0.25, 0.3) is 5.91 Å². The summed E-state index contributed by atoms with van der Waals surface area (Å²) < 4.78 is 13.7. The number of anilines is 1. The topological polar surface area (TPSA) is 32.3 Å². The molecule has 3 rings (SSSR count). The van der Waals surface area contributed by atoms with Gasteiger partial charge in [-0.3, -0.25) is 4.79 Å². The lowest BCUT2D eigenvalue weighted by Crippen LogP contribution is -2.27. The van der Waals surface area contributed by atoms with Gasteiger partial charge in [0.05, 0.1) is 10.6 Å². The molecule has 0 radical (unpaired) electrons. The van der Waals surface area contributed by atoms with Gasteiger partial charge < -0.3 is 10.2 Å². The summed E-state index contributed by atoms with van der Waals surface area (Å²) in [5.74, 6) is -1.08. The minimum Gasteiger partial charge on any atom is -0.374 e. The second-order valence-electron chi connectivity index (χ2n) is 6.09. The first kappa shape index (κ1) is 16.8. The average molecular weight is 347 g/mol. The monoisotopic (exact) mass is 346 g/mol. The van der Waals surface area contributed by atoms with E-state index >= 15 is 0 Å². The number of nitrogens with zero attached hydrogens (tertiary/aromatic N) is 1. The predicted molar refractivity (Wildman–Crippen MR) is 95.5 cm³/mol. The number of fused-ring (bicyclic) bond motifs is 1. The Balaban J connectivity index is 1.62. The van der Waals surface area contributed by atoms with Gasteiger partial charge in [0.2, 0.25) is 0 Å². The number of hydrogen-bond acceptors (Lipinski definition) is 2. The van der Waals surface area contributed by atoms with Gasteiger partial charge >= 0.3 is 0 Å².